The number of rotatable bonds is 0. The SMILES string of the molecule is Nc1cc2nccoc-2n1. The van der Waals surface area contributed by atoms with Crippen LogP contribution in [0.3, 0.4) is 0 Å². The molecule has 0 atom stereocenters. The summed E-state index contributed by atoms with van der Waals surface area (Å²) in [7, 11) is 0. The minimum atomic E-state index is 0.442. The Morgan fingerprint density at radius 3 is 3.20 bits per heavy atom. The van der Waals surface area contributed by atoms with Gasteiger partial charge in [0.15, 0.2) is 0 Å². The molecule has 2 N–H and O–H groups in total. The van der Waals surface area contributed by atoms with Crippen molar-refractivity contribution in [2.75, 3.05) is 5.73 Å². The summed E-state index contributed by atoms with van der Waals surface area (Å²) < 4.78 is 4.98. The van der Waals surface area contributed by atoms with Crippen LogP contribution in [-0.4, -0.2) is 9.97 Å². The number of hydrogen-bond donors (Lipinski definition) is 1. The minimum absolute atomic E-state index is 0.442. The summed E-state index contributed by atoms with van der Waals surface area (Å²) in [5, 5.41) is 0. The van der Waals surface area contributed by atoms with E-state index in [-0.39, 0.29) is 0 Å². The van der Waals surface area contributed by atoms with Crippen LogP contribution in [0.1, 0.15) is 0 Å². The van der Waals surface area contributed by atoms with E-state index >= 15 is 0 Å². The Morgan fingerprint density at radius 2 is 2.40 bits per heavy atom. The first-order valence-electron chi connectivity index (χ1n) is 2.82. The lowest BCUT2D eigenvalue weighted by atomic mass is 10.4. The van der Waals surface area contributed by atoms with Gasteiger partial charge in [-0.15, -0.1) is 0 Å². The molecule has 0 aliphatic carbocycles. The summed E-state index contributed by atoms with van der Waals surface area (Å²) in [5.74, 6) is 0.928. The van der Waals surface area contributed by atoms with Gasteiger partial charge in [-0.1, -0.05) is 0 Å². The predicted octanol–water partition coefficient (Wildman–Crippen LogP) is 0.757. The third-order valence-electron chi connectivity index (χ3n) is 1.19. The Labute approximate surface area is 57.0 Å². The summed E-state index contributed by atoms with van der Waals surface area (Å²) >= 11 is 0. The third-order valence-corrected chi connectivity index (χ3v) is 1.19. The van der Waals surface area contributed by atoms with Gasteiger partial charge in [-0.2, -0.15) is 4.98 Å². The molecule has 0 fully saturated rings. The highest BCUT2D eigenvalue weighted by Crippen LogP contribution is 2.19. The van der Waals surface area contributed by atoms with Crippen molar-refractivity contribution in [3.63, 3.8) is 0 Å². The molecular formula is C6H5N3O. The van der Waals surface area contributed by atoms with E-state index in [0.29, 0.717) is 17.4 Å². The standard InChI is InChI=1S/C6H5N3O/c7-5-3-4-6(9-5)10-2-1-8-4/h1-3H,7H2. The van der Waals surface area contributed by atoms with E-state index in [1.54, 1.807) is 12.3 Å². The van der Waals surface area contributed by atoms with E-state index in [1.165, 1.54) is 6.26 Å². The van der Waals surface area contributed by atoms with Gasteiger partial charge in [-0.3, -0.25) is 0 Å². The van der Waals surface area contributed by atoms with Crippen LogP contribution in [-0.2, 0) is 0 Å². The first-order chi connectivity index (χ1) is 4.86. The molecule has 0 bridgehead atoms. The normalized spacial score (nSPS) is 10.4. The van der Waals surface area contributed by atoms with Crippen LogP contribution in [0.4, 0.5) is 5.82 Å². The van der Waals surface area contributed by atoms with E-state index in [0.717, 1.165) is 0 Å². The second-order valence-corrected chi connectivity index (χ2v) is 1.90. The molecule has 0 aromatic carbocycles. The fraction of sp³-hybridized carbons (Fsp3) is 0. The zero-order valence-corrected chi connectivity index (χ0v) is 5.11. The van der Waals surface area contributed by atoms with Gasteiger partial charge < -0.3 is 10.2 Å². The monoisotopic (exact) mass is 135 g/mol. The Balaban J connectivity index is 2.76. The lowest BCUT2D eigenvalue weighted by molar-refractivity contribution is 0.544. The highest BCUT2D eigenvalue weighted by atomic mass is 16.3. The molecule has 0 aromatic heterocycles. The Hall–Kier alpha value is -1.58. The molecule has 2 heterocycles. The van der Waals surface area contributed by atoms with E-state index in [2.05, 4.69) is 9.97 Å². The van der Waals surface area contributed by atoms with Crippen LogP contribution in [0.15, 0.2) is 22.9 Å². The average Bonchev–Trinajstić information content (AvgIpc) is 2.27. The van der Waals surface area contributed by atoms with Gasteiger partial charge in [0, 0.05) is 6.07 Å². The number of aromatic nitrogens is 2. The summed E-state index contributed by atoms with van der Waals surface area (Å²) in [6.07, 6.45) is 3.03. The molecular weight excluding hydrogens is 130 g/mol. The largest absolute Gasteiger partial charge is 0.443 e. The molecule has 0 spiro atoms. The van der Waals surface area contributed by atoms with E-state index in [4.69, 9.17) is 10.2 Å². The first kappa shape index (κ1) is 5.22. The van der Waals surface area contributed by atoms with E-state index in [9.17, 15) is 0 Å². The van der Waals surface area contributed by atoms with Crippen LogP contribution < -0.4 is 5.73 Å². The topological polar surface area (TPSA) is 64.9 Å². The Morgan fingerprint density at radius 1 is 1.50 bits per heavy atom. The van der Waals surface area contributed by atoms with Crippen molar-refractivity contribution in [3.8, 4) is 11.6 Å². The van der Waals surface area contributed by atoms with E-state index in [1.807, 2.05) is 0 Å². The first-order valence-corrected chi connectivity index (χ1v) is 2.82. The highest BCUT2D eigenvalue weighted by Gasteiger charge is 2.07. The molecule has 50 valence electrons. The molecule has 4 nitrogen and oxygen atoms in total. The smallest absolute Gasteiger partial charge is 0.247 e. The molecule has 2 aliphatic heterocycles. The maximum atomic E-state index is 5.38. The fourth-order valence-electron chi connectivity index (χ4n) is 0.793. The lowest BCUT2D eigenvalue weighted by Gasteiger charge is -1.88. The molecule has 0 saturated heterocycles. The second kappa shape index (κ2) is 1.70. The number of hydrogen-bond acceptors (Lipinski definition) is 4. The maximum absolute atomic E-state index is 5.38. The number of nitrogens with two attached hydrogens (primary N) is 1. The van der Waals surface area contributed by atoms with Crippen LogP contribution >= 0.6 is 0 Å². The van der Waals surface area contributed by atoms with Crippen molar-refractivity contribution in [1.29, 1.82) is 0 Å². The molecule has 0 amide bonds. The summed E-state index contributed by atoms with van der Waals surface area (Å²) in [5.41, 5.74) is 6.07. The molecule has 0 saturated carbocycles. The average molecular weight is 135 g/mol. The summed E-state index contributed by atoms with van der Waals surface area (Å²) in [6, 6.07) is 1.67. The number of nitrogen functional groups attached to an aromatic ring is 1. The predicted molar refractivity (Wildman–Crippen MR) is 35.3 cm³/mol. The second-order valence-electron chi connectivity index (χ2n) is 1.90. The fourth-order valence-corrected chi connectivity index (χ4v) is 0.793. The lowest BCUT2D eigenvalue weighted by Crippen LogP contribution is -1.81. The summed E-state index contributed by atoms with van der Waals surface area (Å²) in [6.45, 7) is 0. The zero-order chi connectivity index (χ0) is 6.97. The van der Waals surface area contributed by atoms with Crippen LogP contribution in [0.5, 0.6) is 0 Å². The minimum Gasteiger partial charge on any atom is -0.443 e. The van der Waals surface area contributed by atoms with Crippen molar-refractivity contribution in [2.24, 2.45) is 0 Å². The quantitative estimate of drug-likeness (QED) is 0.579. The maximum Gasteiger partial charge on any atom is 0.247 e. The molecule has 10 heavy (non-hydrogen) atoms. The number of fused-ring (bicyclic) bond motifs is 1. The molecule has 2 rings (SSSR count). The molecule has 2 aliphatic rings. The van der Waals surface area contributed by atoms with Crippen LogP contribution in [0.25, 0.3) is 11.6 Å². The number of anilines is 1. The third kappa shape index (κ3) is 0.621. The molecule has 4 heteroatoms. The van der Waals surface area contributed by atoms with Gasteiger partial charge in [0.05, 0.1) is 6.20 Å². The van der Waals surface area contributed by atoms with Crippen LogP contribution in [0.2, 0.25) is 0 Å². The summed E-state index contributed by atoms with van der Waals surface area (Å²) in [4.78, 5) is 7.83. The van der Waals surface area contributed by atoms with Gasteiger partial charge in [-0.05, 0) is 0 Å². The van der Waals surface area contributed by atoms with Gasteiger partial charge in [0.1, 0.15) is 17.8 Å². The molecule has 0 radical (unpaired) electrons. The zero-order valence-electron chi connectivity index (χ0n) is 5.11. The number of nitrogens with zero attached hydrogens (tertiary/aromatic N) is 2. The van der Waals surface area contributed by atoms with E-state index < -0.39 is 0 Å². The van der Waals surface area contributed by atoms with Crippen molar-refractivity contribution in [2.45, 2.75) is 0 Å². The Bertz CT molecular complexity index is 287. The van der Waals surface area contributed by atoms with Crippen molar-refractivity contribution >= 4 is 5.82 Å². The van der Waals surface area contributed by atoms with Gasteiger partial charge in [0.2, 0.25) is 5.89 Å². The van der Waals surface area contributed by atoms with Gasteiger partial charge in [-0.25, -0.2) is 4.98 Å². The van der Waals surface area contributed by atoms with Gasteiger partial charge >= 0.3 is 0 Å². The van der Waals surface area contributed by atoms with Crippen molar-refractivity contribution in [1.82, 2.24) is 9.97 Å². The van der Waals surface area contributed by atoms with Crippen LogP contribution in [0, 0.1) is 0 Å². The van der Waals surface area contributed by atoms with Gasteiger partial charge in [0.25, 0.3) is 0 Å². The molecule has 0 aromatic rings. The highest BCUT2D eigenvalue weighted by molar-refractivity contribution is 5.56. The van der Waals surface area contributed by atoms with Crippen molar-refractivity contribution in [3.05, 3.63) is 18.5 Å². The molecule has 0 unspecified atom stereocenters. The van der Waals surface area contributed by atoms with Crippen molar-refractivity contribution < 1.29 is 4.42 Å². The Kier molecular flexibility index (Phi) is 0.887.